The molecular weight excluding hydrogens is 356 g/mol. The van der Waals surface area contributed by atoms with Crippen molar-refractivity contribution in [1.82, 2.24) is 4.90 Å². The summed E-state index contributed by atoms with van der Waals surface area (Å²) in [5, 5.41) is 0.486. The second-order valence-corrected chi connectivity index (χ2v) is 6.70. The number of benzene rings is 1. The number of amides is 1. The molecule has 2 unspecified atom stereocenters. The van der Waals surface area contributed by atoms with Crippen molar-refractivity contribution < 1.29 is 9.53 Å². The monoisotopic (exact) mass is 374 g/mol. The van der Waals surface area contributed by atoms with Crippen LogP contribution in [0.4, 0.5) is 0 Å². The van der Waals surface area contributed by atoms with E-state index in [-0.39, 0.29) is 24.6 Å². The third kappa shape index (κ3) is 4.34. The van der Waals surface area contributed by atoms with E-state index in [1.807, 2.05) is 17.9 Å². The molecule has 1 fully saturated rings. The molecule has 1 saturated heterocycles. The number of hydrogen-bond donors (Lipinski definition) is 1. The highest BCUT2D eigenvalue weighted by Crippen LogP contribution is 2.28. The smallest absolute Gasteiger partial charge is 0.260 e. The summed E-state index contributed by atoms with van der Waals surface area (Å²) >= 11 is 9.41. The van der Waals surface area contributed by atoms with Crippen LogP contribution in [0.25, 0.3) is 0 Å². The van der Waals surface area contributed by atoms with Crippen LogP contribution in [0.5, 0.6) is 5.75 Å². The van der Waals surface area contributed by atoms with Crippen LogP contribution in [-0.4, -0.2) is 36.0 Å². The fourth-order valence-electron chi connectivity index (χ4n) is 2.63. The number of rotatable bonds is 4. The number of piperidine rings is 1. The first-order valence-corrected chi connectivity index (χ1v) is 8.29. The Morgan fingerprint density at radius 3 is 3.00 bits per heavy atom. The highest BCUT2D eigenvalue weighted by atomic mass is 79.9. The summed E-state index contributed by atoms with van der Waals surface area (Å²) in [7, 11) is 0. The lowest BCUT2D eigenvalue weighted by molar-refractivity contribution is -0.137. The zero-order valence-electron chi connectivity index (χ0n) is 12.0. The summed E-state index contributed by atoms with van der Waals surface area (Å²) in [6.07, 6.45) is 3.10. The number of nitrogens with two attached hydrogens (primary N) is 1. The number of halogens is 2. The molecule has 0 aromatic heterocycles. The molecule has 6 heteroatoms. The van der Waals surface area contributed by atoms with Gasteiger partial charge in [0.2, 0.25) is 0 Å². The maximum atomic E-state index is 12.4. The number of ether oxygens (including phenoxy) is 1. The first-order chi connectivity index (χ1) is 9.99. The quantitative estimate of drug-likeness (QED) is 0.879. The van der Waals surface area contributed by atoms with Gasteiger partial charge in [-0.3, -0.25) is 4.79 Å². The van der Waals surface area contributed by atoms with Gasteiger partial charge in [-0.1, -0.05) is 27.5 Å². The van der Waals surface area contributed by atoms with Gasteiger partial charge in [0.1, 0.15) is 5.75 Å². The van der Waals surface area contributed by atoms with Crippen LogP contribution in [0.2, 0.25) is 5.02 Å². The number of carbonyl (C=O) groups excluding carboxylic acids is 1. The van der Waals surface area contributed by atoms with Gasteiger partial charge >= 0.3 is 0 Å². The first kappa shape index (κ1) is 16.6. The lowest BCUT2D eigenvalue weighted by Gasteiger charge is -2.38. The van der Waals surface area contributed by atoms with Crippen LogP contribution in [0.15, 0.2) is 22.7 Å². The predicted octanol–water partition coefficient (Wildman–Crippen LogP) is 3.21. The van der Waals surface area contributed by atoms with Crippen LogP contribution in [0.3, 0.4) is 0 Å². The van der Waals surface area contributed by atoms with Crippen LogP contribution < -0.4 is 10.5 Å². The van der Waals surface area contributed by atoms with Crippen LogP contribution in [-0.2, 0) is 4.79 Å². The van der Waals surface area contributed by atoms with E-state index in [0.717, 1.165) is 30.3 Å². The van der Waals surface area contributed by atoms with Crippen LogP contribution in [0.1, 0.15) is 26.2 Å². The summed E-state index contributed by atoms with van der Waals surface area (Å²) in [6.45, 7) is 2.69. The Morgan fingerprint density at radius 2 is 2.33 bits per heavy atom. The SMILES string of the molecule is CC(N)C1CCCCN1C(=O)COc1ccc(Br)cc1Cl. The van der Waals surface area contributed by atoms with E-state index in [2.05, 4.69) is 15.9 Å². The van der Waals surface area contributed by atoms with Crippen molar-refractivity contribution in [2.45, 2.75) is 38.3 Å². The zero-order chi connectivity index (χ0) is 15.4. The van der Waals surface area contributed by atoms with Crippen molar-refractivity contribution in [2.24, 2.45) is 5.73 Å². The summed E-state index contributed by atoms with van der Waals surface area (Å²) in [5.74, 6) is 0.485. The van der Waals surface area contributed by atoms with Gasteiger partial charge in [-0.25, -0.2) is 0 Å². The second-order valence-electron chi connectivity index (χ2n) is 5.37. The van der Waals surface area contributed by atoms with E-state index in [4.69, 9.17) is 22.1 Å². The van der Waals surface area contributed by atoms with Crippen molar-refractivity contribution in [3.63, 3.8) is 0 Å². The van der Waals surface area contributed by atoms with Gasteiger partial charge in [0.25, 0.3) is 5.91 Å². The normalized spacial score (nSPS) is 20.2. The van der Waals surface area contributed by atoms with Crippen molar-refractivity contribution in [3.8, 4) is 5.75 Å². The lowest BCUT2D eigenvalue weighted by Crippen LogP contribution is -2.52. The molecule has 4 nitrogen and oxygen atoms in total. The highest BCUT2D eigenvalue weighted by molar-refractivity contribution is 9.10. The molecular formula is C15H20BrClN2O2. The second kappa shape index (κ2) is 7.47. The third-order valence-electron chi connectivity index (χ3n) is 3.72. The van der Waals surface area contributed by atoms with E-state index in [0.29, 0.717) is 10.8 Å². The molecule has 1 heterocycles. The van der Waals surface area contributed by atoms with Crippen molar-refractivity contribution in [3.05, 3.63) is 27.7 Å². The third-order valence-corrected chi connectivity index (χ3v) is 4.51. The Labute approximate surface area is 138 Å². The summed E-state index contributed by atoms with van der Waals surface area (Å²) in [5.41, 5.74) is 5.98. The lowest BCUT2D eigenvalue weighted by atomic mass is 9.97. The van der Waals surface area contributed by atoms with Gasteiger partial charge in [0.15, 0.2) is 6.61 Å². The Balaban J connectivity index is 1.97. The maximum Gasteiger partial charge on any atom is 0.260 e. The topological polar surface area (TPSA) is 55.6 Å². The van der Waals surface area contributed by atoms with E-state index in [1.165, 1.54) is 0 Å². The van der Waals surface area contributed by atoms with Gasteiger partial charge < -0.3 is 15.4 Å². The summed E-state index contributed by atoms with van der Waals surface area (Å²) in [4.78, 5) is 14.2. The highest BCUT2D eigenvalue weighted by Gasteiger charge is 2.29. The van der Waals surface area contributed by atoms with Gasteiger partial charge in [0.05, 0.1) is 5.02 Å². The Bertz CT molecular complexity index is 510. The molecule has 0 bridgehead atoms. The number of carbonyl (C=O) groups is 1. The Kier molecular flexibility index (Phi) is 5.90. The van der Waals surface area contributed by atoms with E-state index in [9.17, 15) is 4.79 Å². The molecule has 0 aliphatic carbocycles. The van der Waals surface area contributed by atoms with Crippen molar-refractivity contribution >= 4 is 33.4 Å². The number of hydrogen-bond acceptors (Lipinski definition) is 3. The Hall–Kier alpha value is -0.780. The van der Waals surface area contributed by atoms with E-state index >= 15 is 0 Å². The fraction of sp³-hybridized carbons (Fsp3) is 0.533. The van der Waals surface area contributed by atoms with Crippen LogP contribution in [0, 0.1) is 0 Å². The number of nitrogens with zero attached hydrogens (tertiary/aromatic N) is 1. The van der Waals surface area contributed by atoms with Gasteiger partial charge in [-0.05, 0) is 44.4 Å². The molecule has 2 atom stereocenters. The summed E-state index contributed by atoms with van der Waals surface area (Å²) in [6, 6.07) is 5.41. The van der Waals surface area contributed by atoms with Crippen molar-refractivity contribution in [1.29, 1.82) is 0 Å². The number of likely N-dealkylation sites (tertiary alicyclic amines) is 1. The molecule has 116 valence electrons. The van der Waals surface area contributed by atoms with Crippen molar-refractivity contribution in [2.75, 3.05) is 13.2 Å². The average molecular weight is 376 g/mol. The molecule has 0 radical (unpaired) electrons. The minimum Gasteiger partial charge on any atom is -0.482 e. The van der Waals surface area contributed by atoms with E-state index in [1.54, 1.807) is 12.1 Å². The molecule has 1 aromatic carbocycles. The van der Waals surface area contributed by atoms with Gasteiger partial charge in [0, 0.05) is 23.1 Å². The van der Waals surface area contributed by atoms with Gasteiger partial charge in [-0.2, -0.15) is 0 Å². The molecule has 1 aliphatic rings. The fourth-order valence-corrected chi connectivity index (χ4v) is 3.36. The van der Waals surface area contributed by atoms with Crippen LogP contribution >= 0.6 is 27.5 Å². The maximum absolute atomic E-state index is 12.4. The minimum atomic E-state index is -0.0315. The van der Waals surface area contributed by atoms with E-state index < -0.39 is 0 Å². The predicted molar refractivity (Wildman–Crippen MR) is 87.6 cm³/mol. The molecule has 21 heavy (non-hydrogen) atoms. The molecule has 2 rings (SSSR count). The molecule has 1 aromatic rings. The zero-order valence-corrected chi connectivity index (χ0v) is 14.4. The average Bonchev–Trinajstić information content (AvgIpc) is 2.46. The molecule has 1 amide bonds. The summed E-state index contributed by atoms with van der Waals surface area (Å²) < 4.78 is 6.42. The van der Waals surface area contributed by atoms with Gasteiger partial charge in [-0.15, -0.1) is 0 Å². The molecule has 2 N–H and O–H groups in total. The molecule has 0 spiro atoms. The molecule has 0 saturated carbocycles. The minimum absolute atomic E-state index is 0.00935. The first-order valence-electron chi connectivity index (χ1n) is 7.12. The molecule has 1 aliphatic heterocycles. The largest absolute Gasteiger partial charge is 0.482 e. The standard InChI is InChI=1S/C15H20BrClN2O2/c1-10(18)13-4-2-3-7-19(13)15(20)9-21-14-6-5-11(16)8-12(14)17/h5-6,8,10,13H,2-4,7,9,18H2,1H3. The Morgan fingerprint density at radius 1 is 1.57 bits per heavy atom.